The zero-order chi connectivity index (χ0) is 10.8. The molecule has 2 heteroatoms. The highest BCUT2D eigenvalue weighted by Gasteiger charge is 2.24. The van der Waals surface area contributed by atoms with Crippen molar-refractivity contribution in [2.75, 3.05) is 0 Å². The standard InChI is InChI=1S/C14H21N.ClH/c1-10(2)12-5-7-13(8-6-12)14(15)9-11-3-4-11;/h5-8,10-11,14H,3-4,9,15H2,1-2H3;1H/t14-;/m1./s1. The summed E-state index contributed by atoms with van der Waals surface area (Å²) in [5, 5.41) is 0. The van der Waals surface area contributed by atoms with Gasteiger partial charge in [-0.3, -0.25) is 0 Å². The smallest absolute Gasteiger partial charge is 0.0297 e. The van der Waals surface area contributed by atoms with E-state index in [-0.39, 0.29) is 18.4 Å². The van der Waals surface area contributed by atoms with Crippen molar-refractivity contribution in [2.24, 2.45) is 11.7 Å². The molecule has 0 spiro atoms. The van der Waals surface area contributed by atoms with Crippen LogP contribution in [0, 0.1) is 5.92 Å². The normalized spacial score (nSPS) is 17.0. The number of hydrogen-bond donors (Lipinski definition) is 1. The number of rotatable bonds is 4. The van der Waals surface area contributed by atoms with Gasteiger partial charge in [-0.1, -0.05) is 51.0 Å². The average molecular weight is 240 g/mol. The highest BCUT2D eigenvalue weighted by atomic mass is 35.5. The predicted octanol–water partition coefficient (Wildman–Crippen LogP) is 4.03. The lowest BCUT2D eigenvalue weighted by molar-refractivity contribution is 0.596. The van der Waals surface area contributed by atoms with E-state index in [0.29, 0.717) is 5.92 Å². The summed E-state index contributed by atoms with van der Waals surface area (Å²) in [5.41, 5.74) is 8.86. The minimum atomic E-state index is 0. The first kappa shape index (κ1) is 13.5. The van der Waals surface area contributed by atoms with Crippen molar-refractivity contribution in [2.45, 2.75) is 45.1 Å². The summed E-state index contributed by atoms with van der Waals surface area (Å²) in [6, 6.07) is 9.07. The SMILES string of the molecule is CC(C)c1ccc([C@H](N)CC2CC2)cc1.Cl. The van der Waals surface area contributed by atoms with Crippen molar-refractivity contribution in [3.8, 4) is 0 Å². The Morgan fingerprint density at radius 2 is 1.62 bits per heavy atom. The Hall–Kier alpha value is -0.530. The summed E-state index contributed by atoms with van der Waals surface area (Å²) < 4.78 is 0. The molecule has 2 N–H and O–H groups in total. The van der Waals surface area contributed by atoms with Gasteiger partial charge in [-0.25, -0.2) is 0 Å². The Morgan fingerprint density at radius 3 is 2.06 bits per heavy atom. The van der Waals surface area contributed by atoms with Crippen LogP contribution in [0.5, 0.6) is 0 Å². The van der Waals surface area contributed by atoms with E-state index in [0.717, 1.165) is 5.92 Å². The maximum Gasteiger partial charge on any atom is 0.0297 e. The largest absolute Gasteiger partial charge is 0.324 e. The summed E-state index contributed by atoms with van der Waals surface area (Å²) >= 11 is 0. The van der Waals surface area contributed by atoms with Crippen LogP contribution in [0.15, 0.2) is 24.3 Å². The first-order valence-corrected chi connectivity index (χ1v) is 6.02. The molecule has 1 aromatic rings. The van der Waals surface area contributed by atoms with Gasteiger partial charge >= 0.3 is 0 Å². The maximum atomic E-state index is 6.16. The second-order valence-electron chi connectivity index (χ2n) is 5.11. The molecule has 1 nitrogen and oxygen atoms in total. The Labute approximate surface area is 105 Å². The van der Waals surface area contributed by atoms with Gasteiger partial charge in [0.2, 0.25) is 0 Å². The van der Waals surface area contributed by atoms with Crippen LogP contribution in [0.1, 0.15) is 56.2 Å². The Morgan fingerprint density at radius 1 is 1.12 bits per heavy atom. The first-order chi connectivity index (χ1) is 7.16. The van der Waals surface area contributed by atoms with Gasteiger partial charge in [0.1, 0.15) is 0 Å². The molecule has 0 amide bonds. The summed E-state index contributed by atoms with van der Waals surface area (Å²) in [6.07, 6.45) is 3.94. The van der Waals surface area contributed by atoms with Crippen molar-refractivity contribution < 1.29 is 0 Å². The van der Waals surface area contributed by atoms with Gasteiger partial charge in [-0.15, -0.1) is 12.4 Å². The van der Waals surface area contributed by atoms with Crippen molar-refractivity contribution in [1.29, 1.82) is 0 Å². The minimum absolute atomic E-state index is 0. The predicted molar refractivity (Wildman–Crippen MR) is 72.0 cm³/mol. The molecule has 0 aliphatic heterocycles. The maximum absolute atomic E-state index is 6.16. The van der Waals surface area contributed by atoms with Gasteiger partial charge in [0.05, 0.1) is 0 Å². The van der Waals surface area contributed by atoms with E-state index >= 15 is 0 Å². The highest BCUT2D eigenvalue weighted by molar-refractivity contribution is 5.85. The third kappa shape index (κ3) is 3.50. The van der Waals surface area contributed by atoms with Crippen LogP contribution in [0.2, 0.25) is 0 Å². The van der Waals surface area contributed by atoms with Gasteiger partial charge in [0.15, 0.2) is 0 Å². The topological polar surface area (TPSA) is 26.0 Å². The molecule has 1 aromatic carbocycles. The fourth-order valence-electron chi connectivity index (χ4n) is 1.98. The van der Waals surface area contributed by atoms with E-state index in [1.165, 1.54) is 30.4 Å². The van der Waals surface area contributed by atoms with Crippen LogP contribution in [-0.2, 0) is 0 Å². The lowest BCUT2D eigenvalue weighted by atomic mass is 9.97. The number of benzene rings is 1. The summed E-state index contributed by atoms with van der Waals surface area (Å²) in [6.45, 7) is 4.44. The number of halogens is 1. The van der Waals surface area contributed by atoms with E-state index in [9.17, 15) is 0 Å². The number of nitrogens with two attached hydrogens (primary N) is 1. The van der Waals surface area contributed by atoms with E-state index in [4.69, 9.17) is 5.73 Å². The van der Waals surface area contributed by atoms with Gasteiger partial charge in [0.25, 0.3) is 0 Å². The molecule has 0 radical (unpaired) electrons. The van der Waals surface area contributed by atoms with Crippen LogP contribution in [0.25, 0.3) is 0 Å². The third-order valence-corrected chi connectivity index (χ3v) is 3.32. The molecule has 1 fully saturated rings. The van der Waals surface area contributed by atoms with Gasteiger partial charge in [0, 0.05) is 6.04 Å². The molecule has 0 unspecified atom stereocenters. The molecule has 2 rings (SSSR count). The van der Waals surface area contributed by atoms with E-state index < -0.39 is 0 Å². The molecule has 1 saturated carbocycles. The van der Waals surface area contributed by atoms with Crippen molar-refractivity contribution in [1.82, 2.24) is 0 Å². The monoisotopic (exact) mass is 239 g/mol. The fraction of sp³-hybridized carbons (Fsp3) is 0.571. The van der Waals surface area contributed by atoms with E-state index in [1.807, 2.05) is 0 Å². The van der Waals surface area contributed by atoms with Crippen molar-refractivity contribution in [3.63, 3.8) is 0 Å². The lowest BCUT2D eigenvalue weighted by Crippen LogP contribution is -2.10. The van der Waals surface area contributed by atoms with Gasteiger partial charge in [-0.05, 0) is 29.4 Å². The van der Waals surface area contributed by atoms with Crippen LogP contribution in [0.4, 0.5) is 0 Å². The molecule has 0 aromatic heterocycles. The average Bonchev–Trinajstić information content (AvgIpc) is 3.02. The molecule has 90 valence electrons. The Kier molecular flexibility index (Phi) is 4.82. The molecular formula is C14H22ClN. The second-order valence-corrected chi connectivity index (χ2v) is 5.11. The van der Waals surface area contributed by atoms with Gasteiger partial charge < -0.3 is 5.73 Å². The summed E-state index contributed by atoms with van der Waals surface area (Å²) in [7, 11) is 0. The van der Waals surface area contributed by atoms with Crippen LogP contribution >= 0.6 is 12.4 Å². The molecule has 0 saturated heterocycles. The van der Waals surface area contributed by atoms with E-state index in [1.54, 1.807) is 0 Å². The van der Waals surface area contributed by atoms with Crippen molar-refractivity contribution in [3.05, 3.63) is 35.4 Å². The quantitative estimate of drug-likeness (QED) is 0.844. The molecule has 1 aliphatic rings. The number of hydrogen-bond acceptors (Lipinski definition) is 1. The molecule has 1 aliphatic carbocycles. The van der Waals surface area contributed by atoms with Crippen LogP contribution < -0.4 is 5.73 Å². The molecule has 16 heavy (non-hydrogen) atoms. The second kappa shape index (κ2) is 5.70. The first-order valence-electron chi connectivity index (χ1n) is 6.02. The summed E-state index contributed by atoms with van der Waals surface area (Å²) in [5.74, 6) is 1.52. The fourth-order valence-corrected chi connectivity index (χ4v) is 1.98. The highest BCUT2D eigenvalue weighted by Crippen LogP contribution is 2.36. The Balaban J connectivity index is 0.00000128. The van der Waals surface area contributed by atoms with Crippen LogP contribution in [0.3, 0.4) is 0 Å². The molecular weight excluding hydrogens is 218 g/mol. The molecule has 0 bridgehead atoms. The minimum Gasteiger partial charge on any atom is -0.324 e. The lowest BCUT2D eigenvalue weighted by Gasteiger charge is -2.13. The summed E-state index contributed by atoms with van der Waals surface area (Å²) in [4.78, 5) is 0. The van der Waals surface area contributed by atoms with Crippen LogP contribution in [-0.4, -0.2) is 0 Å². The third-order valence-electron chi connectivity index (χ3n) is 3.32. The molecule has 0 heterocycles. The van der Waals surface area contributed by atoms with Crippen molar-refractivity contribution >= 4 is 12.4 Å². The Bertz CT molecular complexity index is 314. The zero-order valence-corrected chi connectivity index (χ0v) is 11.0. The molecule has 1 atom stereocenters. The van der Waals surface area contributed by atoms with E-state index in [2.05, 4.69) is 38.1 Å². The zero-order valence-electron chi connectivity index (χ0n) is 10.1. The van der Waals surface area contributed by atoms with Gasteiger partial charge in [-0.2, -0.15) is 0 Å².